The molecule has 0 unspecified atom stereocenters. The molecular formula is C31H28N6O. The van der Waals surface area contributed by atoms with E-state index in [9.17, 15) is 4.79 Å². The van der Waals surface area contributed by atoms with Gasteiger partial charge in [-0.2, -0.15) is 0 Å². The van der Waals surface area contributed by atoms with Crippen molar-refractivity contribution in [2.45, 2.75) is 6.42 Å². The number of nitrogens with one attached hydrogen (secondary N) is 1. The molecule has 1 amide bonds. The molecule has 2 aromatic heterocycles. The minimum absolute atomic E-state index is 0.0293. The first-order valence-corrected chi connectivity index (χ1v) is 12.8. The van der Waals surface area contributed by atoms with Gasteiger partial charge < -0.3 is 15.1 Å². The lowest BCUT2D eigenvalue weighted by molar-refractivity contribution is -0.115. The molecule has 1 fully saturated rings. The highest BCUT2D eigenvalue weighted by Crippen LogP contribution is 2.26. The van der Waals surface area contributed by atoms with Crippen LogP contribution in [0.3, 0.4) is 0 Å². The lowest BCUT2D eigenvalue weighted by atomic mass is 10.0. The Morgan fingerprint density at radius 3 is 2.16 bits per heavy atom. The maximum atomic E-state index is 12.4. The Hall–Kier alpha value is -4.78. The van der Waals surface area contributed by atoms with E-state index in [-0.39, 0.29) is 5.91 Å². The molecule has 0 aliphatic carbocycles. The molecule has 3 heterocycles. The minimum atomic E-state index is -0.0293. The van der Waals surface area contributed by atoms with E-state index < -0.39 is 0 Å². The Kier molecular flexibility index (Phi) is 6.64. The van der Waals surface area contributed by atoms with E-state index >= 15 is 0 Å². The topological polar surface area (TPSA) is 74.2 Å². The number of benzene rings is 3. The Labute approximate surface area is 221 Å². The van der Waals surface area contributed by atoms with E-state index in [0.717, 1.165) is 71.2 Å². The molecule has 0 atom stereocenters. The van der Waals surface area contributed by atoms with Gasteiger partial charge >= 0.3 is 0 Å². The van der Waals surface area contributed by atoms with Crippen molar-refractivity contribution in [2.24, 2.45) is 0 Å². The van der Waals surface area contributed by atoms with Gasteiger partial charge in [-0.15, -0.1) is 0 Å². The third kappa shape index (κ3) is 5.32. The molecule has 1 N–H and O–H groups in total. The van der Waals surface area contributed by atoms with Gasteiger partial charge in [0.1, 0.15) is 11.6 Å². The van der Waals surface area contributed by atoms with Crippen LogP contribution in [0.5, 0.6) is 0 Å². The molecule has 0 radical (unpaired) electrons. The summed E-state index contributed by atoms with van der Waals surface area (Å²) in [6, 6.07) is 29.8. The number of rotatable bonds is 6. The standard InChI is InChI=1S/C31H28N6O/c38-31(20-23-6-2-1-3-7-23)34-26-12-9-24(10-13-26)25-11-14-27-28(21-25)35-30(22-33-27)37-18-16-36(17-19-37)29-8-4-5-15-32-29/h1-15,21-22H,16-20H2,(H,34,38). The number of aromatic nitrogens is 3. The van der Waals surface area contributed by atoms with Gasteiger partial charge in [-0.1, -0.05) is 54.6 Å². The number of hydrogen-bond acceptors (Lipinski definition) is 6. The summed E-state index contributed by atoms with van der Waals surface area (Å²) < 4.78 is 0. The molecule has 5 aromatic rings. The summed E-state index contributed by atoms with van der Waals surface area (Å²) in [6.45, 7) is 3.53. The number of carbonyl (C=O) groups excluding carboxylic acids is 1. The number of anilines is 3. The summed E-state index contributed by atoms with van der Waals surface area (Å²) in [7, 11) is 0. The van der Waals surface area contributed by atoms with Crippen LogP contribution in [0.25, 0.3) is 22.2 Å². The second-order valence-corrected chi connectivity index (χ2v) is 9.38. The second-order valence-electron chi connectivity index (χ2n) is 9.38. The average molecular weight is 501 g/mol. The van der Waals surface area contributed by atoms with Crippen molar-refractivity contribution >= 4 is 34.3 Å². The van der Waals surface area contributed by atoms with Crippen molar-refractivity contribution in [3.05, 3.63) is 109 Å². The first-order chi connectivity index (χ1) is 18.7. The molecule has 0 spiro atoms. The molecule has 7 nitrogen and oxygen atoms in total. The Bertz CT molecular complexity index is 1530. The first kappa shape index (κ1) is 23.6. The van der Waals surface area contributed by atoms with Crippen LogP contribution in [0.15, 0.2) is 103 Å². The van der Waals surface area contributed by atoms with Crippen molar-refractivity contribution < 1.29 is 4.79 Å². The third-order valence-electron chi connectivity index (χ3n) is 6.82. The van der Waals surface area contributed by atoms with Crippen LogP contribution in [-0.4, -0.2) is 47.0 Å². The number of nitrogens with zero attached hydrogens (tertiary/aromatic N) is 5. The summed E-state index contributed by atoms with van der Waals surface area (Å²) in [5.74, 6) is 1.88. The van der Waals surface area contributed by atoms with Crippen LogP contribution in [-0.2, 0) is 11.2 Å². The average Bonchev–Trinajstić information content (AvgIpc) is 2.98. The van der Waals surface area contributed by atoms with Crippen LogP contribution >= 0.6 is 0 Å². The SMILES string of the molecule is O=C(Cc1ccccc1)Nc1ccc(-c2ccc3ncc(N4CCN(c5ccccn5)CC4)nc3c2)cc1. The number of carbonyl (C=O) groups is 1. The minimum Gasteiger partial charge on any atom is -0.353 e. The molecule has 1 aliphatic heterocycles. The van der Waals surface area contributed by atoms with Gasteiger partial charge in [-0.05, 0) is 53.1 Å². The number of hydrogen-bond donors (Lipinski definition) is 1. The maximum absolute atomic E-state index is 12.4. The van der Waals surface area contributed by atoms with Gasteiger partial charge in [0.2, 0.25) is 5.91 Å². The zero-order valence-corrected chi connectivity index (χ0v) is 21.0. The summed E-state index contributed by atoms with van der Waals surface area (Å²) in [5.41, 5.74) is 5.63. The second kappa shape index (κ2) is 10.7. The highest BCUT2D eigenvalue weighted by atomic mass is 16.1. The summed E-state index contributed by atoms with van der Waals surface area (Å²) in [4.78, 5) is 31.1. The van der Waals surface area contributed by atoms with Crippen LogP contribution in [0.4, 0.5) is 17.3 Å². The number of piperazine rings is 1. The van der Waals surface area contributed by atoms with Crippen LogP contribution < -0.4 is 15.1 Å². The summed E-state index contributed by atoms with van der Waals surface area (Å²) in [5, 5.41) is 2.98. The Balaban J connectivity index is 1.13. The summed E-state index contributed by atoms with van der Waals surface area (Å²) >= 11 is 0. The molecule has 1 saturated heterocycles. The zero-order chi connectivity index (χ0) is 25.7. The predicted molar refractivity (Wildman–Crippen MR) is 152 cm³/mol. The van der Waals surface area contributed by atoms with E-state index in [4.69, 9.17) is 4.98 Å². The molecule has 0 saturated carbocycles. The lowest BCUT2D eigenvalue weighted by Gasteiger charge is -2.35. The van der Waals surface area contributed by atoms with E-state index in [1.165, 1.54) is 0 Å². The Morgan fingerprint density at radius 1 is 0.711 bits per heavy atom. The molecule has 0 bridgehead atoms. The largest absolute Gasteiger partial charge is 0.353 e. The first-order valence-electron chi connectivity index (χ1n) is 12.8. The number of fused-ring (bicyclic) bond motifs is 1. The molecule has 7 heteroatoms. The van der Waals surface area contributed by atoms with E-state index in [1.54, 1.807) is 0 Å². The van der Waals surface area contributed by atoms with Crippen LogP contribution in [0.1, 0.15) is 5.56 Å². The van der Waals surface area contributed by atoms with Gasteiger partial charge in [0, 0.05) is 38.1 Å². The highest BCUT2D eigenvalue weighted by molar-refractivity contribution is 5.92. The molecule has 6 rings (SSSR count). The van der Waals surface area contributed by atoms with Crippen molar-refractivity contribution in [1.29, 1.82) is 0 Å². The summed E-state index contributed by atoms with van der Waals surface area (Å²) in [6.07, 6.45) is 4.06. The lowest BCUT2D eigenvalue weighted by Crippen LogP contribution is -2.47. The Morgan fingerprint density at radius 2 is 1.42 bits per heavy atom. The van der Waals surface area contributed by atoms with Gasteiger partial charge in [0.25, 0.3) is 0 Å². The van der Waals surface area contributed by atoms with Gasteiger partial charge in [0.15, 0.2) is 0 Å². The van der Waals surface area contributed by atoms with Gasteiger partial charge in [-0.25, -0.2) is 9.97 Å². The zero-order valence-electron chi connectivity index (χ0n) is 21.0. The molecular weight excluding hydrogens is 472 g/mol. The van der Waals surface area contributed by atoms with Crippen LogP contribution in [0, 0.1) is 0 Å². The third-order valence-corrected chi connectivity index (χ3v) is 6.82. The molecule has 188 valence electrons. The van der Waals surface area contributed by atoms with Crippen molar-refractivity contribution in [1.82, 2.24) is 15.0 Å². The van der Waals surface area contributed by atoms with Gasteiger partial charge in [-0.3, -0.25) is 9.78 Å². The monoisotopic (exact) mass is 500 g/mol. The van der Waals surface area contributed by atoms with Crippen molar-refractivity contribution in [3.63, 3.8) is 0 Å². The quantitative estimate of drug-likeness (QED) is 0.346. The molecule has 38 heavy (non-hydrogen) atoms. The van der Waals surface area contributed by atoms with Gasteiger partial charge in [0.05, 0.1) is 23.7 Å². The molecule has 1 aliphatic rings. The molecule has 3 aromatic carbocycles. The number of pyridine rings is 1. The predicted octanol–water partition coefficient (Wildman–Crippen LogP) is 5.20. The van der Waals surface area contributed by atoms with E-state index in [2.05, 4.69) is 43.3 Å². The smallest absolute Gasteiger partial charge is 0.228 e. The van der Waals surface area contributed by atoms with Crippen molar-refractivity contribution in [3.8, 4) is 11.1 Å². The fourth-order valence-electron chi connectivity index (χ4n) is 4.77. The number of amides is 1. The van der Waals surface area contributed by atoms with E-state index in [0.29, 0.717) is 6.42 Å². The fraction of sp³-hybridized carbons (Fsp3) is 0.161. The normalized spacial score (nSPS) is 13.5. The fourth-order valence-corrected chi connectivity index (χ4v) is 4.77. The van der Waals surface area contributed by atoms with Crippen molar-refractivity contribution in [2.75, 3.05) is 41.3 Å². The van der Waals surface area contributed by atoms with E-state index in [1.807, 2.05) is 85.2 Å². The maximum Gasteiger partial charge on any atom is 0.228 e. The highest BCUT2D eigenvalue weighted by Gasteiger charge is 2.19. The van der Waals surface area contributed by atoms with Crippen LogP contribution in [0.2, 0.25) is 0 Å².